The lowest BCUT2D eigenvalue weighted by atomic mass is 9.93. The molecule has 0 amide bonds. The molecule has 0 fully saturated rings. The minimum Gasteiger partial charge on any atom is -0.494 e. The fraction of sp³-hybridized carbons (Fsp3) is 0.571. The summed E-state index contributed by atoms with van der Waals surface area (Å²) in [5, 5.41) is 0. The van der Waals surface area contributed by atoms with E-state index < -0.39 is 0 Å². The van der Waals surface area contributed by atoms with Crippen molar-refractivity contribution in [2.75, 3.05) is 20.3 Å². The fourth-order valence-electron chi connectivity index (χ4n) is 1.76. The number of hydrogen-bond acceptors (Lipinski definition) is 3. The van der Waals surface area contributed by atoms with E-state index in [2.05, 4.69) is 6.92 Å². The second-order valence-electron chi connectivity index (χ2n) is 4.29. The molecule has 0 radical (unpaired) electrons. The lowest BCUT2D eigenvalue weighted by Crippen LogP contribution is -2.20. The summed E-state index contributed by atoms with van der Waals surface area (Å²) < 4.78 is 10.5. The summed E-state index contributed by atoms with van der Waals surface area (Å²) in [6.07, 6.45) is 0.977. The van der Waals surface area contributed by atoms with Gasteiger partial charge in [-0.15, -0.1) is 0 Å². The van der Waals surface area contributed by atoms with Crippen LogP contribution in [0.5, 0.6) is 5.75 Å². The zero-order valence-corrected chi connectivity index (χ0v) is 11.0. The van der Waals surface area contributed by atoms with Gasteiger partial charge < -0.3 is 15.2 Å². The number of hydrogen-bond donors (Lipinski definition) is 1. The van der Waals surface area contributed by atoms with Crippen LogP contribution < -0.4 is 10.5 Å². The maximum Gasteiger partial charge on any atom is 0.119 e. The highest BCUT2D eigenvalue weighted by atomic mass is 16.5. The zero-order valence-electron chi connectivity index (χ0n) is 11.0. The molecule has 0 aliphatic heterocycles. The van der Waals surface area contributed by atoms with Gasteiger partial charge in [0.15, 0.2) is 0 Å². The molecule has 0 saturated carbocycles. The number of nitrogens with two attached hydrogens (primary N) is 1. The summed E-state index contributed by atoms with van der Waals surface area (Å²) >= 11 is 0. The van der Waals surface area contributed by atoms with Crippen molar-refractivity contribution in [2.24, 2.45) is 11.7 Å². The van der Waals surface area contributed by atoms with Gasteiger partial charge >= 0.3 is 0 Å². The van der Waals surface area contributed by atoms with E-state index in [4.69, 9.17) is 15.2 Å². The smallest absolute Gasteiger partial charge is 0.119 e. The van der Waals surface area contributed by atoms with E-state index in [1.54, 1.807) is 7.11 Å². The van der Waals surface area contributed by atoms with Gasteiger partial charge in [0.1, 0.15) is 5.75 Å². The van der Waals surface area contributed by atoms with Gasteiger partial charge in [-0.25, -0.2) is 0 Å². The Morgan fingerprint density at radius 1 is 1.24 bits per heavy atom. The highest BCUT2D eigenvalue weighted by Crippen LogP contribution is 2.23. The van der Waals surface area contributed by atoms with Crippen molar-refractivity contribution >= 4 is 0 Å². The highest BCUT2D eigenvalue weighted by molar-refractivity contribution is 5.29. The average molecular weight is 237 g/mol. The first-order valence-corrected chi connectivity index (χ1v) is 6.16. The number of rotatable bonds is 7. The molecule has 0 spiro atoms. The first-order valence-electron chi connectivity index (χ1n) is 6.16. The first-order chi connectivity index (χ1) is 8.19. The Morgan fingerprint density at radius 2 is 1.88 bits per heavy atom. The molecule has 96 valence electrons. The Kier molecular flexibility index (Phi) is 6.01. The molecule has 0 aromatic heterocycles. The predicted octanol–water partition coefficient (Wildman–Crippen LogP) is 2.76. The normalized spacial score (nSPS) is 14.4. The van der Waals surface area contributed by atoms with Gasteiger partial charge in [-0.1, -0.05) is 19.1 Å². The van der Waals surface area contributed by atoms with Crippen molar-refractivity contribution < 1.29 is 9.47 Å². The van der Waals surface area contributed by atoms with Crippen molar-refractivity contribution in [3.05, 3.63) is 29.8 Å². The third-order valence-electron chi connectivity index (χ3n) is 2.97. The average Bonchev–Trinajstić information content (AvgIpc) is 2.36. The lowest BCUT2D eigenvalue weighted by molar-refractivity contribution is 0.174. The molecule has 0 bridgehead atoms. The molecular weight excluding hydrogens is 214 g/mol. The molecular formula is C14H23NO2. The molecule has 1 aromatic rings. The van der Waals surface area contributed by atoms with E-state index in [1.165, 1.54) is 0 Å². The molecule has 2 atom stereocenters. The van der Waals surface area contributed by atoms with Gasteiger partial charge in [0.05, 0.1) is 6.61 Å². The molecule has 2 N–H and O–H groups in total. The Hall–Kier alpha value is -1.06. The predicted molar refractivity (Wildman–Crippen MR) is 70.2 cm³/mol. The molecule has 3 heteroatoms. The molecule has 0 saturated heterocycles. The van der Waals surface area contributed by atoms with Crippen LogP contribution in [0.15, 0.2) is 24.3 Å². The van der Waals surface area contributed by atoms with Crippen LogP contribution in [0.3, 0.4) is 0 Å². The zero-order chi connectivity index (χ0) is 12.7. The lowest BCUT2D eigenvalue weighted by Gasteiger charge is -2.20. The summed E-state index contributed by atoms with van der Waals surface area (Å²) in [6.45, 7) is 5.58. The van der Waals surface area contributed by atoms with Gasteiger partial charge in [-0.05, 0) is 37.0 Å². The topological polar surface area (TPSA) is 44.5 Å². The molecule has 17 heavy (non-hydrogen) atoms. The summed E-state index contributed by atoms with van der Waals surface area (Å²) in [7, 11) is 1.72. The van der Waals surface area contributed by atoms with Crippen LogP contribution in [0, 0.1) is 5.92 Å². The standard InChI is InChI=1S/C14H23NO2/c1-4-17-13-7-5-12(6-8-13)14(15)11(2)9-10-16-3/h5-8,11,14H,4,9-10,15H2,1-3H3. The number of ether oxygens (including phenoxy) is 2. The van der Waals surface area contributed by atoms with Crippen molar-refractivity contribution in [2.45, 2.75) is 26.3 Å². The van der Waals surface area contributed by atoms with Crippen LogP contribution in [0.1, 0.15) is 31.9 Å². The molecule has 1 rings (SSSR count). The molecule has 0 heterocycles. The maximum absolute atomic E-state index is 6.21. The van der Waals surface area contributed by atoms with E-state index in [0.29, 0.717) is 12.5 Å². The van der Waals surface area contributed by atoms with Crippen LogP contribution in [-0.2, 0) is 4.74 Å². The van der Waals surface area contributed by atoms with Gasteiger partial charge in [0, 0.05) is 19.8 Å². The highest BCUT2D eigenvalue weighted by Gasteiger charge is 2.14. The molecule has 3 nitrogen and oxygen atoms in total. The van der Waals surface area contributed by atoms with Gasteiger partial charge in [-0.3, -0.25) is 0 Å². The minimum absolute atomic E-state index is 0.0563. The Balaban J connectivity index is 2.58. The van der Waals surface area contributed by atoms with Gasteiger partial charge in [-0.2, -0.15) is 0 Å². The summed E-state index contributed by atoms with van der Waals surface area (Å²) in [5.74, 6) is 1.31. The van der Waals surface area contributed by atoms with Crippen LogP contribution in [0.25, 0.3) is 0 Å². The van der Waals surface area contributed by atoms with Crippen molar-refractivity contribution in [3.63, 3.8) is 0 Å². The summed E-state index contributed by atoms with van der Waals surface area (Å²) in [4.78, 5) is 0. The summed E-state index contributed by atoms with van der Waals surface area (Å²) in [5.41, 5.74) is 7.36. The third kappa shape index (κ3) is 4.36. The van der Waals surface area contributed by atoms with E-state index in [1.807, 2.05) is 31.2 Å². The van der Waals surface area contributed by atoms with Crippen LogP contribution in [-0.4, -0.2) is 20.3 Å². The Labute approximate surface area is 104 Å². The maximum atomic E-state index is 6.21. The van der Waals surface area contributed by atoms with E-state index in [-0.39, 0.29) is 6.04 Å². The van der Waals surface area contributed by atoms with Gasteiger partial charge in [0.25, 0.3) is 0 Å². The second-order valence-corrected chi connectivity index (χ2v) is 4.29. The largest absolute Gasteiger partial charge is 0.494 e. The van der Waals surface area contributed by atoms with Crippen LogP contribution in [0.2, 0.25) is 0 Å². The molecule has 1 aromatic carbocycles. The van der Waals surface area contributed by atoms with Crippen molar-refractivity contribution in [1.29, 1.82) is 0 Å². The van der Waals surface area contributed by atoms with E-state index in [0.717, 1.165) is 24.3 Å². The minimum atomic E-state index is 0.0563. The SMILES string of the molecule is CCOc1ccc(C(N)C(C)CCOC)cc1. The molecule has 0 aliphatic rings. The number of methoxy groups -OCH3 is 1. The monoisotopic (exact) mass is 237 g/mol. The quantitative estimate of drug-likeness (QED) is 0.793. The van der Waals surface area contributed by atoms with Crippen LogP contribution >= 0.6 is 0 Å². The summed E-state index contributed by atoms with van der Waals surface area (Å²) in [6, 6.07) is 8.09. The Morgan fingerprint density at radius 3 is 2.41 bits per heavy atom. The van der Waals surface area contributed by atoms with Crippen molar-refractivity contribution in [1.82, 2.24) is 0 Å². The van der Waals surface area contributed by atoms with E-state index >= 15 is 0 Å². The second kappa shape index (κ2) is 7.30. The number of benzene rings is 1. The van der Waals surface area contributed by atoms with Crippen LogP contribution in [0.4, 0.5) is 0 Å². The Bertz CT molecular complexity index is 311. The molecule has 2 unspecified atom stereocenters. The first kappa shape index (κ1) is 14.0. The van der Waals surface area contributed by atoms with E-state index in [9.17, 15) is 0 Å². The third-order valence-corrected chi connectivity index (χ3v) is 2.97. The van der Waals surface area contributed by atoms with Gasteiger partial charge in [0.2, 0.25) is 0 Å². The molecule has 0 aliphatic carbocycles. The van der Waals surface area contributed by atoms with Crippen molar-refractivity contribution in [3.8, 4) is 5.75 Å². The fourth-order valence-corrected chi connectivity index (χ4v) is 1.76.